The third-order valence-electron chi connectivity index (χ3n) is 5.88. The zero-order valence-electron chi connectivity index (χ0n) is 18.5. The molecule has 184 valence electrons. The second kappa shape index (κ2) is 9.85. The number of aryl methyl sites for hydroxylation is 1. The monoisotopic (exact) mass is 489 g/mol. The van der Waals surface area contributed by atoms with Crippen molar-refractivity contribution >= 4 is 22.7 Å². The summed E-state index contributed by atoms with van der Waals surface area (Å²) in [5.41, 5.74) is -1.50. The van der Waals surface area contributed by atoms with Gasteiger partial charge in [-0.05, 0) is 67.6 Å². The Morgan fingerprint density at radius 1 is 1.14 bits per heavy atom. The quantitative estimate of drug-likeness (QED) is 0.429. The molecule has 11 heteroatoms. The molecule has 8 nitrogen and oxygen atoms in total. The maximum atomic E-state index is 13.0. The van der Waals surface area contributed by atoms with Gasteiger partial charge in [-0.2, -0.15) is 13.2 Å². The van der Waals surface area contributed by atoms with Crippen LogP contribution < -0.4 is 10.3 Å². The molecule has 1 heterocycles. The van der Waals surface area contributed by atoms with Crippen LogP contribution >= 0.6 is 0 Å². The lowest BCUT2D eigenvalue weighted by Crippen LogP contribution is -2.27. The molecule has 2 aromatic carbocycles. The number of hydrogen-bond acceptors (Lipinski definition) is 6. The first-order valence-corrected chi connectivity index (χ1v) is 11.1. The van der Waals surface area contributed by atoms with Gasteiger partial charge in [-0.15, -0.1) is 5.10 Å². The number of Topliss-reactive ketones (excluding diaryl/α,β-unsaturated/α-hetero) is 1. The number of benzene rings is 2. The molecule has 1 fully saturated rings. The van der Waals surface area contributed by atoms with Gasteiger partial charge in [-0.1, -0.05) is 5.21 Å². The number of carboxylic acids is 1. The highest BCUT2D eigenvalue weighted by Gasteiger charge is 2.31. The van der Waals surface area contributed by atoms with E-state index < -0.39 is 35.0 Å². The molecule has 3 aromatic rings. The molecular weight excluding hydrogens is 467 g/mol. The van der Waals surface area contributed by atoms with Crippen LogP contribution in [0.15, 0.2) is 47.3 Å². The second-order valence-corrected chi connectivity index (χ2v) is 8.58. The van der Waals surface area contributed by atoms with Gasteiger partial charge < -0.3 is 9.84 Å². The van der Waals surface area contributed by atoms with Crippen LogP contribution in [0.25, 0.3) is 10.9 Å². The Kier molecular flexibility index (Phi) is 6.86. The molecule has 1 aromatic heterocycles. The smallest absolute Gasteiger partial charge is 0.416 e. The Labute approximate surface area is 197 Å². The van der Waals surface area contributed by atoms with E-state index in [1.807, 2.05) is 0 Å². The van der Waals surface area contributed by atoms with Crippen LogP contribution in [0.4, 0.5) is 13.2 Å². The Balaban J connectivity index is 1.43. The Morgan fingerprint density at radius 3 is 2.49 bits per heavy atom. The number of aromatic nitrogens is 3. The molecule has 1 aliphatic carbocycles. The predicted molar refractivity (Wildman–Crippen MR) is 118 cm³/mol. The number of carbonyl (C=O) groups excluding carboxylic acids is 1. The van der Waals surface area contributed by atoms with E-state index in [0.717, 1.165) is 29.7 Å². The van der Waals surface area contributed by atoms with Crippen molar-refractivity contribution in [3.8, 4) is 5.75 Å². The molecule has 4 rings (SSSR count). The number of carbonyl (C=O) groups is 2. The lowest BCUT2D eigenvalue weighted by atomic mass is 9.95. The third kappa shape index (κ3) is 6.03. The summed E-state index contributed by atoms with van der Waals surface area (Å²) in [7, 11) is 0. The minimum Gasteiger partial charge on any atom is -0.493 e. The number of rotatable bonds is 10. The van der Waals surface area contributed by atoms with Crippen molar-refractivity contribution in [1.29, 1.82) is 0 Å². The van der Waals surface area contributed by atoms with E-state index in [1.54, 1.807) is 24.3 Å². The highest BCUT2D eigenvalue weighted by Crippen LogP contribution is 2.31. The van der Waals surface area contributed by atoms with Crippen molar-refractivity contribution in [3.63, 3.8) is 0 Å². The molecule has 1 aliphatic rings. The van der Waals surface area contributed by atoms with E-state index in [2.05, 4.69) is 10.3 Å². The number of hydrogen-bond donors (Lipinski definition) is 1. The second-order valence-electron chi connectivity index (χ2n) is 8.58. The SMILES string of the molecule is O=C(CC(CCn1nnc2ccc(C(F)(F)F)cc2c1=O)C(=O)O)c1ccc(OCC2CC2)cc1. The van der Waals surface area contributed by atoms with E-state index >= 15 is 0 Å². The van der Waals surface area contributed by atoms with Crippen molar-refractivity contribution in [2.45, 2.75) is 38.4 Å². The molecule has 0 saturated heterocycles. The van der Waals surface area contributed by atoms with Crippen molar-refractivity contribution < 1.29 is 32.6 Å². The average molecular weight is 489 g/mol. The van der Waals surface area contributed by atoms with Crippen molar-refractivity contribution in [2.24, 2.45) is 11.8 Å². The topological polar surface area (TPSA) is 111 Å². The van der Waals surface area contributed by atoms with Gasteiger partial charge in [0.1, 0.15) is 11.3 Å². The lowest BCUT2D eigenvalue weighted by Gasteiger charge is -2.13. The van der Waals surface area contributed by atoms with Gasteiger partial charge in [0.25, 0.3) is 5.56 Å². The summed E-state index contributed by atoms with van der Waals surface area (Å²) in [4.78, 5) is 37.0. The number of aliphatic carboxylic acids is 1. The highest BCUT2D eigenvalue weighted by atomic mass is 19.4. The zero-order valence-corrected chi connectivity index (χ0v) is 18.5. The summed E-state index contributed by atoms with van der Waals surface area (Å²) in [5, 5.41) is 16.7. The van der Waals surface area contributed by atoms with E-state index in [-0.39, 0.29) is 30.3 Å². The molecule has 0 bridgehead atoms. The number of ether oxygens (including phenoxy) is 1. The molecular formula is C24H22F3N3O5. The zero-order chi connectivity index (χ0) is 25.2. The van der Waals surface area contributed by atoms with E-state index in [4.69, 9.17) is 4.74 Å². The molecule has 1 N–H and O–H groups in total. The number of nitrogens with zero attached hydrogens (tertiary/aromatic N) is 3. The van der Waals surface area contributed by atoms with E-state index in [9.17, 15) is 32.7 Å². The first-order chi connectivity index (χ1) is 16.6. The van der Waals surface area contributed by atoms with Crippen LogP contribution in [0, 0.1) is 11.8 Å². The summed E-state index contributed by atoms with van der Waals surface area (Å²) in [6.07, 6.45) is -2.78. The normalized spacial score (nSPS) is 14.6. The van der Waals surface area contributed by atoms with Gasteiger partial charge in [0.05, 0.1) is 23.5 Å². The fraction of sp³-hybridized carbons (Fsp3) is 0.375. The van der Waals surface area contributed by atoms with Gasteiger partial charge in [0.15, 0.2) is 5.78 Å². The fourth-order valence-corrected chi connectivity index (χ4v) is 3.57. The Morgan fingerprint density at radius 2 is 1.86 bits per heavy atom. The minimum atomic E-state index is -4.63. The Bertz CT molecular complexity index is 1300. The Hall–Kier alpha value is -3.76. The van der Waals surface area contributed by atoms with Crippen LogP contribution in [0.1, 0.15) is 41.6 Å². The van der Waals surface area contributed by atoms with Crippen molar-refractivity contribution in [3.05, 3.63) is 63.9 Å². The number of fused-ring (bicyclic) bond motifs is 1. The largest absolute Gasteiger partial charge is 0.493 e. The first kappa shape index (κ1) is 24.4. The maximum Gasteiger partial charge on any atom is 0.416 e. The van der Waals surface area contributed by atoms with Gasteiger partial charge >= 0.3 is 12.1 Å². The predicted octanol–water partition coefficient (Wildman–Crippen LogP) is 3.96. The van der Waals surface area contributed by atoms with Crippen molar-refractivity contribution in [2.75, 3.05) is 6.61 Å². The molecule has 35 heavy (non-hydrogen) atoms. The van der Waals surface area contributed by atoms with Gasteiger partial charge in [0.2, 0.25) is 0 Å². The summed E-state index contributed by atoms with van der Waals surface area (Å²) < 4.78 is 45.4. The van der Waals surface area contributed by atoms with Gasteiger partial charge in [0, 0.05) is 18.5 Å². The molecule has 0 spiro atoms. The highest BCUT2D eigenvalue weighted by molar-refractivity contribution is 5.98. The standard InChI is InChI=1S/C24H22F3N3O5/c25-24(26,27)17-5-8-20-19(12-17)22(32)30(29-28-20)10-9-16(23(33)34)11-21(31)15-3-6-18(7-4-15)35-13-14-1-2-14/h3-8,12,14,16H,1-2,9-11,13H2,(H,33,34). The lowest BCUT2D eigenvalue weighted by molar-refractivity contribution is -0.142. The molecule has 0 aliphatic heterocycles. The number of ketones is 1. The summed E-state index contributed by atoms with van der Waals surface area (Å²) in [6, 6.07) is 9.01. The molecule has 1 atom stereocenters. The first-order valence-electron chi connectivity index (χ1n) is 11.1. The third-order valence-corrected chi connectivity index (χ3v) is 5.88. The summed E-state index contributed by atoms with van der Waals surface area (Å²) in [5.74, 6) is -1.54. The van der Waals surface area contributed by atoms with Crippen LogP contribution in [0.3, 0.4) is 0 Å². The van der Waals surface area contributed by atoms with Crippen LogP contribution in [-0.2, 0) is 17.5 Å². The van der Waals surface area contributed by atoms with E-state index in [0.29, 0.717) is 29.9 Å². The molecule has 1 saturated carbocycles. The molecule has 0 radical (unpaired) electrons. The van der Waals surface area contributed by atoms with E-state index in [1.165, 1.54) is 0 Å². The van der Waals surface area contributed by atoms with Crippen LogP contribution in [0.5, 0.6) is 5.75 Å². The minimum absolute atomic E-state index is 0.00577. The number of carboxylic acid groups (broad SMARTS) is 1. The molecule has 1 unspecified atom stereocenters. The number of halogens is 3. The average Bonchev–Trinajstić information content (AvgIpc) is 3.65. The van der Waals surface area contributed by atoms with Gasteiger partial charge in [-0.25, -0.2) is 4.68 Å². The number of alkyl halides is 3. The van der Waals surface area contributed by atoms with Gasteiger partial charge in [-0.3, -0.25) is 14.4 Å². The fourth-order valence-electron chi connectivity index (χ4n) is 3.57. The van der Waals surface area contributed by atoms with Crippen molar-refractivity contribution in [1.82, 2.24) is 15.0 Å². The summed E-state index contributed by atoms with van der Waals surface area (Å²) >= 11 is 0. The maximum absolute atomic E-state index is 13.0. The molecule has 0 amide bonds. The summed E-state index contributed by atoms with van der Waals surface area (Å²) in [6.45, 7) is 0.402. The van der Waals surface area contributed by atoms with Crippen LogP contribution in [0.2, 0.25) is 0 Å². The van der Waals surface area contributed by atoms with Crippen LogP contribution in [-0.4, -0.2) is 38.5 Å².